The van der Waals surface area contributed by atoms with Crippen molar-refractivity contribution in [2.45, 2.75) is 18.7 Å². The summed E-state index contributed by atoms with van der Waals surface area (Å²) in [6.45, 7) is 4.38. The van der Waals surface area contributed by atoms with E-state index in [4.69, 9.17) is 4.74 Å². The Labute approximate surface area is 144 Å². The second-order valence-corrected chi connectivity index (χ2v) is 6.55. The van der Waals surface area contributed by atoms with Gasteiger partial charge in [-0.2, -0.15) is 13.2 Å². The number of hydrogen-bond acceptors (Lipinski definition) is 4. The molecular weight excluding hydrogens is 335 g/mol. The number of amides is 1. The van der Waals surface area contributed by atoms with Gasteiger partial charge in [-0.3, -0.25) is 4.90 Å². The fraction of sp³-hybridized carbons (Fsp3) is 0.588. The number of carbonyl (C=O) groups excluding carboxylic acids is 1. The summed E-state index contributed by atoms with van der Waals surface area (Å²) in [5.74, 6) is 0. The second-order valence-electron chi connectivity index (χ2n) is 6.55. The highest BCUT2D eigenvalue weighted by Gasteiger charge is 2.31. The van der Waals surface area contributed by atoms with E-state index in [2.05, 4.69) is 4.90 Å². The average molecular weight is 357 g/mol. The number of benzene rings is 1. The fourth-order valence-corrected chi connectivity index (χ4v) is 3.24. The molecular formula is C17H22F3N3O2. The molecule has 138 valence electrons. The molecule has 0 saturated carbocycles. The Hall–Kier alpha value is -1.96. The summed E-state index contributed by atoms with van der Waals surface area (Å²) in [6.07, 6.45) is -3.89. The van der Waals surface area contributed by atoms with Crippen LogP contribution >= 0.6 is 0 Å². The molecule has 3 rings (SSSR count). The molecule has 25 heavy (non-hydrogen) atoms. The van der Waals surface area contributed by atoms with E-state index >= 15 is 0 Å². The third-order valence-electron chi connectivity index (χ3n) is 4.73. The normalized spacial score (nSPS) is 22.4. The molecule has 2 saturated heterocycles. The number of cyclic esters (lactones) is 1. The highest BCUT2D eigenvalue weighted by molar-refractivity contribution is 5.69. The Balaban J connectivity index is 1.48. The molecule has 5 nitrogen and oxygen atoms in total. The number of hydrogen-bond donors (Lipinski definition) is 0. The van der Waals surface area contributed by atoms with E-state index in [0.717, 1.165) is 32.1 Å². The van der Waals surface area contributed by atoms with Gasteiger partial charge < -0.3 is 14.5 Å². The maximum atomic E-state index is 12.8. The maximum Gasteiger partial charge on any atom is 0.416 e. The Bertz CT molecular complexity index is 615. The van der Waals surface area contributed by atoms with E-state index in [1.165, 1.54) is 12.1 Å². The van der Waals surface area contributed by atoms with Crippen molar-refractivity contribution in [1.29, 1.82) is 0 Å². The van der Waals surface area contributed by atoms with Crippen molar-refractivity contribution in [3.05, 3.63) is 29.8 Å². The van der Waals surface area contributed by atoms with Crippen LogP contribution in [0, 0.1) is 0 Å². The predicted octanol–water partition coefficient (Wildman–Crippen LogP) is 2.67. The number of alkyl halides is 3. The third kappa shape index (κ3) is 4.36. The van der Waals surface area contributed by atoms with Crippen molar-refractivity contribution in [2.24, 2.45) is 0 Å². The third-order valence-corrected chi connectivity index (χ3v) is 4.73. The maximum absolute atomic E-state index is 12.8. The highest BCUT2D eigenvalue weighted by Crippen LogP contribution is 2.31. The van der Waals surface area contributed by atoms with Crippen LogP contribution in [0.5, 0.6) is 0 Å². The van der Waals surface area contributed by atoms with Crippen LogP contribution in [-0.2, 0) is 10.9 Å². The van der Waals surface area contributed by atoms with Gasteiger partial charge in [0.2, 0.25) is 0 Å². The lowest BCUT2D eigenvalue weighted by molar-refractivity contribution is -0.137. The minimum Gasteiger partial charge on any atom is -0.444 e. The monoisotopic (exact) mass is 357 g/mol. The van der Waals surface area contributed by atoms with Crippen LogP contribution in [0.4, 0.5) is 23.7 Å². The molecule has 0 radical (unpaired) electrons. The standard InChI is InChI=1S/C17H22F3N3O2/c1-21-12-15(25-16(21)24)5-6-22-7-9-23(10-8-22)14-4-2-3-13(11-14)17(18,19)20/h2-4,11,15H,5-10,12H2,1H3. The molecule has 1 amide bonds. The van der Waals surface area contributed by atoms with Crippen LogP contribution in [-0.4, -0.2) is 68.3 Å². The molecule has 1 unspecified atom stereocenters. The van der Waals surface area contributed by atoms with E-state index in [1.807, 2.05) is 4.90 Å². The van der Waals surface area contributed by atoms with Gasteiger partial charge in [0.1, 0.15) is 6.10 Å². The number of carbonyl (C=O) groups is 1. The summed E-state index contributed by atoms with van der Waals surface area (Å²) >= 11 is 0. The van der Waals surface area contributed by atoms with Gasteiger partial charge >= 0.3 is 12.3 Å². The first-order valence-electron chi connectivity index (χ1n) is 8.39. The number of likely N-dealkylation sites (N-methyl/N-ethyl adjacent to an activating group) is 1. The van der Waals surface area contributed by atoms with Crippen LogP contribution in [0.15, 0.2) is 24.3 Å². The number of anilines is 1. The number of nitrogens with zero attached hydrogens (tertiary/aromatic N) is 3. The van der Waals surface area contributed by atoms with Crippen molar-refractivity contribution in [2.75, 3.05) is 51.2 Å². The topological polar surface area (TPSA) is 36.0 Å². The first-order valence-corrected chi connectivity index (χ1v) is 8.39. The average Bonchev–Trinajstić information content (AvgIpc) is 2.91. The van der Waals surface area contributed by atoms with E-state index in [-0.39, 0.29) is 12.2 Å². The van der Waals surface area contributed by atoms with Crippen LogP contribution in [0.1, 0.15) is 12.0 Å². The van der Waals surface area contributed by atoms with Crippen LogP contribution < -0.4 is 4.90 Å². The Morgan fingerprint density at radius 2 is 1.92 bits per heavy atom. The quantitative estimate of drug-likeness (QED) is 0.830. The molecule has 2 aliphatic rings. The number of halogens is 3. The van der Waals surface area contributed by atoms with Crippen molar-refractivity contribution in [3.63, 3.8) is 0 Å². The smallest absolute Gasteiger partial charge is 0.416 e. The van der Waals surface area contributed by atoms with Crippen molar-refractivity contribution < 1.29 is 22.7 Å². The first-order chi connectivity index (χ1) is 11.8. The minimum atomic E-state index is -4.32. The van der Waals surface area contributed by atoms with Gasteiger partial charge in [0.05, 0.1) is 12.1 Å². The van der Waals surface area contributed by atoms with E-state index in [1.54, 1.807) is 18.0 Å². The fourth-order valence-electron chi connectivity index (χ4n) is 3.24. The molecule has 2 fully saturated rings. The zero-order valence-electron chi connectivity index (χ0n) is 14.1. The molecule has 0 bridgehead atoms. The predicted molar refractivity (Wildman–Crippen MR) is 87.6 cm³/mol. The summed E-state index contributed by atoms with van der Waals surface area (Å²) in [4.78, 5) is 17.1. The summed E-state index contributed by atoms with van der Waals surface area (Å²) in [5, 5.41) is 0. The molecule has 2 aliphatic heterocycles. The number of piperazine rings is 1. The molecule has 2 heterocycles. The lowest BCUT2D eigenvalue weighted by atomic mass is 10.1. The molecule has 1 atom stereocenters. The van der Waals surface area contributed by atoms with Crippen molar-refractivity contribution >= 4 is 11.8 Å². The lowest BCUT2D eigenvalue weighted by Crippen LogP contribution is -2.47. The summed E-state index contributed by atoms with van der Waals surface area (Å²) in [6, 6.07) is 5.48. The van der Waals surface area contributed by atoms with Gasteiger partial charge in [0.25, 0.3) is 0 Å². The lowest BCUT2D eigenvalue weighted by Gasteiger charge is -2.36. The highest BCUT2D eigenvalue weighted by atomic mass is 19.4. The van der Waals surface area contributed by atoms with Crippen LogP contribution in [0.25, 0.3) is 0 Å². The molecule has 0 aromatic heterocycles. The first kappa shape index (κ1) is 17.8. The van der Waals surface area contributed by atoms with E-state index in [0.29, 0.717) is 25.3 Å². The zero-order valence-corrected chi connectivity index (χ0v) is 14.1. The van der Waals surface area contributed by atoms with Crippen molar-refractivity contribution in [3.8, 4) is 0 Å². The Morgan fingerprint density at radius 3 is 2.52 bits per heavy atom. The second kappa shape index (κ2) is 7.11. The van der Waals surface area contributed by atoms with Gasteiger partial charge in [0, 0.05) is 45.5 Å². The summed E-state index contributed by atoms with van der Waals surface area (Å²) < 4.78 is 43.7. The SMILES string of the molecule is CN1CC(CCN2CCN(c3cccc(C(F)(F)F)c3)CC2)OC1=O. The molecule has 0 spiro atoms. The zero-order chi connectivity index (χ0) is 18.0. The van der Waals surface area contributed by atoms with E-state index in [9.17, 15) is 18.0 Å². The Morgan fingerprint density at radius 1 is 1.20 bits per heavy atom. The van der Waals surface area contributed by atoms with Gasteiger partial charge in [-0.25, -0.2) is 4.79 Å². The van der Waals surface area contributed by atoms with Crippen LogP contribution in [0.2, 0.25) is 0 Å². The number of rotatable bonds is 4. The Kier molecular flexibility index (Phi) is 5.08. The minimum absolute atomic E-state index is 0.0704. The molecule has 8 heteroatoms. The van der Waals surface area contributed by atoms with E-state index < -0.39 is 11.7 Å². The van der Waals surface area contributed by atoms with Crippen LogP contribution in [0.3, 0.4) is 0 Å². The molecule has 0 N–H and O–H groups in total. The van der Waals surface area contributed by atoms with Gasteiger partial charge in [-0.05, 0) is 24.6 Å². The van der Waals surface area contributed by atoms with Gasteiger partial charge in [0.15, 0.2) is 0 Å². The summed E-state index contributed by atoms with van der Waals surface area (Å²) in [5.41, 5.74) is 0.000390. The molecule has 1 aromatic rings. The van der Waals surface area contributed by atoms with Gasteiger partial charge in [-0.1, -0.05) is 6.07 Å². The molecule has 1 aromatic carbocycles. The molecule has 0 aliphatic carbocycles. The largest absolute Gasteiger partial charge is 0.444 e. The number of ether oxygens (including phenoxy) is 1. The van der Waals surface area contributed by atoms with Crippen molar-refractivity contribution in [1.82, 2.24) is 9.80 Å². The van der Waals surface area contributed by atoms with Gasteiger partial charge in [-0.15, -0.1) is 0 Å². The summed E-state index contributed by atoms with van der Waals surface area (Å²) in [7, 11) is 1.72.